The van der Waals surface area contributed by atoms with Crippen molar-refractivity contribution in [2.24, 2.45) is 0 Å². The Kier molecular flexibility index (Phi) is 3.79. The Morgan fingerprint density at radius 3 is 2.53 bits per heavy atom. The van der Waals surface area contributed by atoms with Crippen molar-refractivity contribution in [1.29, 1.82) is 0 Å². The summed E-state index contributed by atoms with van der Waals surface area (Å²) in [4.78, 5) is 20.6. The van der Waals surface area contributed by atoms with Gasteiger partial charge in [-0.25, -0.2) is 0 Å². The van der Waals surface area contributed by atoms with Crippen molar-refractivity contribution in [3.8, 4) is 0 Å². The number of nitro groups is 1. The maximum Gasteiger partial charge on any atom is 0.303 e. The van der Waals surface area contributed by atoms with Gasteiger partial charge in [0.1, 0.15) is 0 Å². The Hall–Kier alpha value is -1.91. The fourth-order valence-electron chi connectivity index (χ4n) is 1.21. The summed E-state index contributed by atoms with van der Waals surface area (Å²) >= 11 is 0. The monoisotopic (exact) mass is 209 g/mol. The molecular weight excluding hydrogens is 198 g/mol. The molecular formula is C10H11NO4. The van der Waals surface area contributed by atoms with Gasteiger partial charge in [0.05, 0.1) is 0 Å². The van der Waals surface area contributed by atoms with Crippen LogP contribution in [0.1, 0.15) is 18.6 Å². The number of carbonyl (C=O) groups excluding carboxylic acids is 1. The molecule has 1 aromatic rings. The maximum atomic E-state index is 10.8. The zero-order valence-electron chi connectivity index (χ0n) is 8.25. The molecule has 1 aromatic carbocycles. The lowest BCUT2D eigenvalue weighted by Crippen LogP contribution is -2.17. The van der Waals surface area contributed by atoms with Gasteiger partial charge in [-0.05, 0) is 5.56 Å². The summed E-state index contributed by atoms with van der Waals surface area (Å²) in [6.45, 7) is 0.819. The number of carbonyl (C=O) groups is 1. The molecule has 5 nitrogen and oxygen atoms in total. The first-order chi connectivity index (χ1) is 7.09. The highest BCUT2D eigenvalue weighted by Crippen LogP contribution is 2.17. The Balaban J connectivity index is 2.81. The van der Waals surface area contributed by atoms with E-state index in [0.717, 1.165) is 0 Å². The summed E-state index contributed by atoms with van der Waals surface area (Å²) in [5.74, 6) is -0.522. The molecule has 0 fully saturated rings. The van der Waals surface area contributed by atoms with Crippen LogP contribution in [-0.2, 0) is 9.53 Å². The van der Waals surface area contributed by atoms with E-state index in [9.17, 15) is 14.9 Å². The summed E-state index contributed by atoms with van der Waals surface area (Å²) in [5, 5.41) is 10.4. The van der Waals surface area contributed by atoms with Crippen molar-refractivity contribution in [3.05, 3.63) is 46.0 Å². The molecule has 0 amide bonds. The van der Waals surface area contributed by atoms with Crippen LogP contribution in [0.15, 0.2) is 30.3 Å². The Morgan fingerprint density at radius 1 is 1.47 bits per heavy atom. The minimum absolute atomic E-state index is 0.413. The largest absolute Gasteiger partial charge is 0.451 e. The van der Waals surface area contributed by atoms with Crippen LogP contribution in [0.4, 0.5) is 0 Å². The van der Waals surface area contributed by atoms with Gasteiger partial charge in [-0.1, -0.05) is 30.3 Å². The van der Waals surface area contributed by atoms with Gasteiger partial charge in [-0.15, -0.1) is 0 Å². The second-order valence-electron chi connectivity index (χ2n) is 3.02. The molecule has 0 N–H and O–H groups in total. The molecule has 0 saturated carbocycles. The van der Waals surface area contributed by atoms with E-state index >= 15 is 0 Å². The minimum atomic E-state index is -0.807. The highest BCUT2D eigenvalue weighted by atomic mass is 16.6. The van der Waals surface area contributed by atoms with Crippen molar-refractivity contribution >= 4 is 5.97 Å². The summed E-state index contributed by atoms with van der Waals surface area (Å²) < 4.78 is 4.87. The third-order valence-electron chi connectivity index (χ3n) is 1.79. The number of esters is 1. The van der Waals surface area contributed by atoms with Crippen molar-refractivity contribution in [2.45, 2.75) is 13.0 Å². The van der Waals surface area contributed by atoms with Crippen LogP contribution in [0.2, 0.25) is 0 Å². The number of ether oxygens (including phenoxy) is 1. The van der Waals surface area contributed by atoms with Crippen LogP contribution in [-0.4, -0.2) is 17.4 Å². The van der Waals surface area contributed by atoms with Crippen molar-refractivity contribution in [2.75, 3.05) is 6.54 Å². The predicted molar refractivity (Wildman–Crippen MR) is 52.8 cm³/mol. The van der Waals surface area contributed by atoms with Gasteiger partial charge in [-0.3, -0.25) is 14.9 Å². The Labute approximate surface area is 86.8 Å². The molecule has 80 valence electrons. The molecule has 0 aliphatic heterocycles. The molecule has 0 aromatic heterocycles. The Bertz CT molecular complexity index is 334. The molecule has 5 heteroatoms. The maximum absolute atomic E-state index is 10.8. The summed E-state index contributed by atoms with van der Waals surface area (Å²) in [6, 6.07) is 8.66. The highest BCUT2D eigenvalue weighted by Gasteiger charge is 2.20. The topological polar surface area (TPSA) is 69.4 Å². The highest BCUT2D eigenvalue weighted by molar-refractivity contribution is 5.66. The molecule has 0 radical (unpaired) electrons. The molecule has 15 heavy (non-hydrogen) atoms. The lowest BCUT2D eigenvalue weighted by Gasteiger charge is -2.12. The van der Waals surface area contributed by atoms with Crippen LogP contribution < -0.4 is 0 Å². The van der Waals surface area contributed by atoms with Crippen LogP contribution in [0.3, 0.4) is 0 Å². The fraction of sp³-hybridized carbons (Fsp3) is 0.300. The lowest BCUT2D eigenvalue weighted by molar-refractivity contribution is -0.491. The Morgan fingerprint density at radius 2 is 2.07 bits per heavy atom. The third-order valence-corrected chi connectivity index (χ3v) is 1.79. The van der Waals surface area contributed by atoms with E-state index in [1.807, 2.05) is 0 Å². The van der Waals surface area contributed by atoms with E-state index in [2.05, 4.69) is 0 Å². The second kappa shape index (κ2) is 5.09. The molecule has 1 rings (SSSR count). The molecule has 0 heterocycles. The fourth-order valence-corrected chi connectivity index (χ4v) is 1.21. The molecule has 0 aliphatic rings. The van der Waals surface area contributed by atoms with Crippen LogP contribution in [0.5, 0.6) is 0 Å². The zero-order valence-corrected chi connectivity index (χ0v) is 8.25. The van der Waals surface area contributed by atoms with E-state index < -0.39 is 23.5 Å². The molecule has 0 bridgehead atoms. The van der Waals surface area contributed by atoms with Crippen LogP contribution >= 0.6 is 0 Å². The number of benzene rings is 1. The normalized spacial score (nSPS) is 11.8. The summed E-state index contributed by atoms with van der Waals surface area (Å²) in [5.41, 5.74) is 0.629. The number of hydrogen-bond donors (Lipinski definition) is 0. The van der Waals surface area contributed by atoms with E-state index in [-0.39, 0.29) is 0 Å². The van der Waals surface area contributed by atoms with E-state index in [0.29, 0.717) is 5.56 Å². The van der Waals surface area contributed by atoms with Gasteiger partial charge in [0.25, 0.3) is 0 Å². The smallest absolute Gasteiger partial charge is 0.303 e. The molecule has 0 spiro atoms. The van der Waals surface area contributed by atoms with Gasteiger partial charge in [0, 0.05) is 11.8 Å². The first kappa shape index (κ1) is 11.2. The first-order valence-electron chi connectivity index (χ1n) is 4.43. The SMILES string of the molecule is CC(=O)O[C@@H](C[N+](=O)[O-])c1ccccc1. The number of rotatable bonds is 4. The van der Waals surface area contributed by atoms with E-state index in [1.54, 1.807) is 30.3 Å². The van der Waals surface area contributed by atoms with Crippen molar-refractivity contribution < 1.29 is 14.5 Å². The number of nitrogens with zero attached hydrogens (tertiary/aromatic N) is 1. The van der Waals surface area contributed by atoms with Crippen molar-refractivity contribution in [1.82, 2.24) is 0 Å². The lowest BCUT2D eigenvalue weighted by atomic mass is 10.1. The molecule has 0 saturated heterocycles. The van der Waals surface area contributed by atoms with Gasteiger partial charge in [0.15, 0.2) is 6.10 Å². The van der Waals surface area contributed by atoms with Gasteiger partial charge < -0.3 is 4.74 Å². The minimum Gasteiger partial charge on any atom is -0.451 e. The van der Waals surface area contributed by atoms with Gasteiger partial charge in [-0.2, -0.15) is 0 Å². The van der Waals surface area contributed by atoms with E-state index in [1.165, 1.54) is 6.92 Å². The number of hydrogen-bond acceptors (Lipinski definition) is 4. The average Bonchev–Trinajstić information content (AvgIpc) is 2.17. The van der Waals surface area contributed by atoms with Crippen LogP contribution in [0.25, 0.3) is 0 Å². The van der Waals surface area contributed by atoms with Crippen molar-refractivity contribution in [3.63, 3.8) is 0 Å². The van der Waals surface area contributed by atoms with Gasteiger partial charge >= 0.3 is 5.97 Å². The second-order valence-corrected chi connectivity index (χ2v) is 3.02. The van der Waals surface area contributed by atoms with E-state index in [4.69, 9.17) is 4.74 Å². The van der Waals surface area contributed by atoms with Crippen LogP contribution in [0, 0.1) is 10.1 Å². The molecule has 0 unspecified atom stereocenters. The molecule has 0 aliphatic carbocycles. The third kappa shape index (κ3) is 3.76. The molecule has 1 atom stereocenters. The standard InChI is InChI=1S/C10H11NO4/c1-8(12)15-10(7-11(13)14)9-5-3-2-4-6-9/h2-6,10H,7H2,1H3/t10-/m0/s1. The summed E-state index contributed by atoms with van der Waals surface area (Å²) in [7, 11) is 0. The average molecular weight is 209 g/mol. The zero-order chi connectivity index (χ0) is 11.3. The first-order valence-corrected chi connectivity index (χ1v) is 4.43. The van der Waals surface area contributed by atoms with Gasteiger partial charge in [0.2, 0.25) is 6.54 Å². The quantitative estimate of drug-likeness (QED) is 0.428. The summed E-state index contributed by atoms with van der Waals surface area (Å²) in [6.07, 6.45) is -0.807. The predicted octanol–water partition coefficient (Wildman–Crippen LogP) is 1.57.